The fourth-order valence-corrected chi connectivity index (χ4v) is 13.9. The summed E-state index contributed by atoms with van der Waals surface area (Å²) < 4.78 is 17.1. The molecule has 15 nitrogen and oxygen atoms in total. The third-order valence-electron chi connectivity index (χ3n) is 19.1. The molecule has 0 amide bonds. The highest BCUT2D eigenvalue weighted by atomic mass is 35.5. The molecule has 0 spiro atoms. The Labute approximate surface area is 588 Å². The first kappa shape index (κ1) is 73.9. The van der Waals surface area contributed by atoms with Crippen LogP contribution in [-0.2, 0) is 30.6 Å². The van der Waals surface area contributed by atoms with Crippen molar-refractivity contribution in [1.82, 2.24) is 0 Å². The van der Waals surface area contributed by atoms with Gasteiger partial charge in [0.15, 0.2) is 22.8 Å². The fourth-order valence-electron chi connectivity index (χ4n) is 13.6. The number of non-ortho nitro benzene ring substituents is 1. The van der Waals surface area contributed by atoms with E-state index in [1.54, 1.807) is 36.4 Å². The van der Waals surface area contributed by atoms with Gasteiger partial charge in [0.1, 0.15) is 26.9 Å². The van der Waals surface area contributed by atoms with Crippen LogP contribution in [0.4, 0.5) is 45.5 Å². The number of hydrogen-bond acceptors (Lipinski definition) is 10. The van der Waals surface area contributed by atoms with Gasteiger partial charge in [-0.3, -0.25) is 19.7 Å². The molecule has 0 aromatic heterocycles. The number of carbonyl (C=O) groups excluding carboxylic acids is 2. The summed E-state index contributed by atoms with van der Waals surface area (Å²) in [5.74, 6) is -0.181. The van der Waals surface area contributed by atoms with Crippen LogP contribution >= 0.6 is 23.2 Å². The fraction of sp³-hybridized carbons (Fsp3) is 0.321. The number of allylic oxidation sites excluding steroid dienone is 3. The summed E-state index contributed by atoms with van der Waals surface area (Å²) in [4.78, 5) is 47.2. The van der Waals surface area contributed by atoms with Crippen LogP contribution in [0.2, 0.25) is 10.0 Å². The van der Waals surface area contributed by atoms with Crippen LogP contribution < -0.4 is 19.4 Å². The Kier molecular flexibility index (Phi) is 24.8. The number of carbonyl (C=O) groups is 2. The highest BCUT2D eigenvalue weighted by Gasteiger charge is 2.51. The van der Waals surface area contributed by atoms with Gasteiger partial charge in [-0.05, 0) is 177 Å². The van der Waals surface area contributed by atoms with E-state index in [0.29, 0.717) is 34.5 Å². The Morgan fingerprint density at radius 2 is 0.939 bits per heavy atom. The summed E-state index contributed by atoms with van der Waals surface area (Å²) >= 11 is 12.7. The molecular formula is C81H90Cl2N9O6+3. The van der Waals surface area contributed by atoms with E-state index in [1.807, 2.05) is 88.1 Å². The maximum atomic E-state index is 13.1. The van der Waals surface area contributed by atoms with Gasteiger partial charge in [-0.15, -0.1) is 0 Å². The van der Waals surface area contributed by atoms with E-state index >= 15 is 0 Å². The number of fused-ring (bicyclic) bond motifs is 3. The van der Waals surface area contributed by atoms with Gasteiger partial charge < -0.3 is 24.2 Å². The van der Waals surface area contributed by atoms with E-state index in [2.05, 4.69) is 187 Å². The van der Waals surface area contributed by atoms with E-state index < -0.39 is 27.1 Å². The molecule has 506 valence electrons. The maximum Gasteiger partial charge on any atom is 0.312 e. The SMILES string of the molecule is CCN(CC)c1ccc(/C=C/C2=[N+](C)c3ccc([N+](=O)[O-])cc3C2(C)CC(=O)Oc2ccccc2)cc1.CCOC(=O)CC1(C)C(/C=C/c2ccc(N(CC)CC)cc2)=[N+](C)c2cc(Cl)c(Cl)cc21.[C-]#[N+]c1ccc2c(c1)C(C)(CC#N)C(/C=C/c1ccc(N(CC)CC)cc1)=[N+]2C. The van der Waals surface area contributed by atoms with Crippen molar-refractivity contribution in [2.75, 3.05) is 81.7 Å². The van der Waals surface area contributed by atoms with Gasteiger partial charge in [-0.2, -0.15) is 19.0 Å². The normalized spacial score (nSPS) is 17.4. The molecule has 7 aromatic rings. The number of nitro groups is 1. The van der Waals surface area contributed by atoms with Crippen molar-refractivity contribution in [1.29, 1.82) is 5.26 Å². The number of esters is 2. The monoisotopic (exact) mass is 1350 g/mol. The number of hydrogen-bond donors (Lipinski definition) is 0. The summed E-state index contributed by atoms with van der Waals surface area (Å²) in [7, 11) is 5.94. The highest BCUT2D eigenvalue weighted by molar-refractivity contribution is 6.42. The Morgan fingerprint density at radius 3 is 1.36 bits per heavy atom. The number of nitro benzene ring substituents is 1. The van der Waals surface area contributed by atoms with Crippen LogP contribution in [0.3, 0.4) is 0 Å². The lowest BCUT2D eigenvalue weighted by molar-refractivity contribution is -0.402. The van der Waals surface area contributed by atoms with Gasteiger partial charge in [0.05, 0.1) is 69.7 Å². The summed E-state index contributed by atoms with van der Waals surface area (Å²) in [5.41, 5.74) is 14.1. The minimum atomic E-state index is -0.820. The Bertz CT molecular complexity index is 4340. The smallest absolute Gasteiger partial charge is 0.312 e. The first-order chi connectivity index (χ1) is 47.0. The first-order valence-corrected chi connectivity index (χ1v) is 34.3. The molecule has 0 saturated carbocycles. The molecule has 0 bridgehead atoms. The van der Waals surface area contributed by atoms with Gasteiger partial charge in [0, 0.05) is 116 Å². The Balaban J connectivity index is 0.000000189. The molecule has 0 N–H and O–H groups in total. The number of rotatable bonds is 23. The zero-order chi connectivity index (χ0) is 71.1. The molecule has 3 heterocycles. The number of nitrogens with zero attached hydrogens (tertiary/aromatic N) is 9. The number of nitriles is 1. The van der Waals surface area contributed by atoms with Crippen LogP contribution in [0.1, 0.15) is 122 Å². The summed E-state index contributed by atoms with van der Waals surface area (Å²) in [6, 6.07) is 51.0. The second-order valence-corrected chi connectivity index (χ2v) is 25.8. The molecule has 3 atom stereocenters. The molecule has 3 aliphatic heterocycles. The highest BCUT2D eigenvalue weighted by Crippen LogP contribution is 2.48. The van der Waals surface area contributed by atoms with E-state index in [9.17, 15) is 25.0 Å². The number of halogens is 2. The van der Waals surface area contributed by atoms with Crippen molar-refractivity contribution in [2.24, 2.45) is 0 Å². The maximum absolute atomic E-state index is 13.1. The molecule has 17 heteroatoms. The van der Waals surface area contributed by atoms with Crippen molar-refractivity contribution >= 4 is 116 Å². The zero-order valence-electron chi connectivity index (χ0n) is 58.7. The van der Waals surface area contributed by atoms with Crippen molar-refractivity contribution in [2.45, 2.75) is 105 Å². The molecule has 0 radical (unpaired) electrons. The summed E-state index contributed by atoms with van der Waals surface area (Å²) in [5, 5.41) is 22.0. The van der Waals surface area contributed by atoms with Gasteiger partial charge in [0.2, 0.25) is 17.1 Å². The Morgan fingerprint density at radius 1 is 0.541 bits per heavy atom. The number of para-hydroxylation sites is 1. The zero-order valence-corrected chi connectivity index (χ0v) is 60.2. The Hall–Kier alpha value is -9.93. The number of anilines is 3. The molecule has 0 aliphatic carbocycles. The lowest BCUT2D eigenvalue weighted by Crippen LogP contribution is -2.34. The topological polar surface area (TPSA) is 143 Å². The largest absolute Gasteiger partial charge is 0.466 e. The molecule has 98 heavy (non-hydrogen) atoms. The van der Waals surface area contributed by atoms with E-state index in [4.69, 9.17) is 39.2 Å². The van der Waals surface area contributed by atoms with Crippen molar-refractivity contribution in [3.63, 3.8) is 0 Å². The molecular weight excluding hydrogens is 1270 g/mol. The summed E-state index contributed by atoms with van der Waals surface area (Å²) in [6.45, 7) is 34.3. The molecule has 0 saturated heterocycles. The van der Waals surface area contributed by atoms with Crippen molar-refractivity contribution in [3.05, 3.63) is 235 Å². The summed E-state index contributed by atoms with van der Waals surface area (Å²) in [6.07, 6.45) is 13.0. The molecule has 10 rings (SSSR count). The second kappa shape index (κ2) is 32.9. The van der Waals surface area contributed by atoms with E-state index in [0.717, 1.165) is 107 Å². The lowest BCUT2D eigenvalue weighted by Gasteiger charge is -2.22. The third-order valence-corrected chi connectivity index (χ3v) is 19.8. The van der Waals surface area contributed by atoms with Crippen molar-refractivity contribution < 1.29 is 37.7 Å². The van der Waals surface area contributed by atoms with Gasteiger partial charge in [-0.25, -0.2) is 4.85 Å². The lowest BCUT2D eigenvalue weighted by atomic mass is 9.76. The average molecular weight is 1360 g/mol. The van der Waals surface area contributed by atoms with E-state index in [1.165, 1.54) is 23.1 Å². The first-order valence-electron chi connectivity index (χ1n) is 33.5. The molecule has 7 aromatic carbocycles. The van der Waals surface area contributed by atoms with Crippen molar-refractivity contribution in [3.8, 4) is 11.8 Å². The van der Waals surface area contributed by atoms with E-state index in [-0.39, 0.29) is 24.5 Å². The molecule has 3 unspecified atom stereocenters. The van der Waals surface area contributed by atoms with Gasteiger partial charge in [0.25, 0.3) is 5.69 Å². The number of benzene rings is 7. The van der Waals surface area contributed by atoms with Crippen LogP contribution in [0.15, 0.2) is 170 Å². The predicted octanol–water partition coefficient (Wildman–Crippen LogP) is 18.3. The van der Waals surface area contributed by atoms with Crippen LogP contribution in [0.25, 0.3) is 23.1 Å². The molecule has 0 fully saturated rings. The second-order valence-electron chi connectivity index (χ2n) is 25.0. The standard InChI is InChI=1S/C30H32N3O4.C26H31Cl2N2O2.C25H27N4/c1-5-32(6-2)23-15-12-22(13-16-23)14-19-28-30(3,21-29(34)37-25-10-8-7-9-11-25)26-20-24(33(35)36)17-18-27(26)31(28)4;1-6-30(7-2)19-12-9-18(10-13-19)11-14-24-26(4,17-25(31)32-8-3)20-15-21(27)22(28)16-23(20)29(24)5;1-6-29(7-2)21-12-8-19(9-13-21)10-15-24-25(3,16-17-26)22-18-20(27-4)11-14-23(22)28(24)5/h7-20H,5-6,21H2,1-4H3;9-16H,6-8,17H2,1-5H3;8-15,18H,6-7,16H2,1-3,5H3/q3*+1. The molecule has 3 aliphatic rings. The minimum absolute atomic E-state index is 0.00739. The van der Waals surface area contributed by atoms with Crippen LogP contribution in [0, 0.1) is 28.0 Å². The van der Waals surface area contributed by atoms with Gasteiger partial charge in [-0.1, -0.05) is 77.8 Å². The van der Waals surface area contributed by atoms with Gasteiger partial charge >= 0.3 is 11.9 Å². The van der Waals surface area contributed by atoms with Crippen LogP contribution in [0.5, 0.6) is 5.75 Å². The minimum Gasteiger partial charge on any atom is -0.466 e. The quantitative estimate of drug-likeness (QED) is 0.0152. The van der Waals surface area contributed by atoms with Crippen LogP contribution in [-0.4, -0.2) is 115 Å². The average Bonchev–Trinajstić information content (AvgIpc) is 1.60. The number of ether oxygens (including phenoxy) is 2. The third kappa shape index (κ3) is 16.2. The predicted molar refractivity (Wildman–Crippen MR) is 402 cm³/mol.